The van der Waals surface area contributed by atoms with Crippen molar-refractivity contribution in [3.05, 3.63) is 70.8 Å². The maximum atomic E-state index is 13.3. The Morgan fingerprint density at radius 2 is 1.51 bits per heavy atom. The molecule has 2 aromatic carbocycles. The maximum absolute atomic E-state index is 13.3. The van der Waals surface area contributed by atoms with Gasteiger partial charge in [0, 0.05) is 44.0 Å². The van der Waals surface area contributed by atoms with Crippen LogP contribution in [0.15, 0.2) is 48.5 Å². The zero-order chi connectivity index (χ0) is 28.8. The van der Waals surface area contributed by atoms with E-state index in [9.17, 15) is 35.9 Å². The van der Waals surface area contributed by atoms with Gasteiger partial charge in [0.1, 0.15) is 5.60 Å². The first-order chi connectivity index (χ1) is 18.1. The summed E-state index contributed by atoms with van der Waals surface area (Å²) < 4.78 is 85.9. The summed E-state index contributed by atoms with van der Waals surface area (Å²) in [5.41, 5.74) is -3.85. The van der Waals surface area contributed by atoms with Gasteiger partial charge in [-0.3, -0.25) is 14.6 Å². The van der Waals surface area contributed by atoms with Crippen molar-refractivity contribution in [2.75, 3.05) is 33.7 Å². The summed E-state index contributed by atoms with van der Waals surface area (Å²) >= 11 is 0. The quantitative estimate of drug-likeness (QED) is 0.444. The number of hydrogen-bond acceptors (Lipinski definition) is 4. The predicted octanol–water partition coefficient (Wildman–Crippen LogP) is 5.84. The molecule has 2 aliphatic rings. The van der Waals surface area contributed by atoms with Crippen LogP contribution in [0.5, 0.6) is 0 Å². The number of amides is 2. The molecule has 0 radical (unpaired) electrons. The van der Waals surface area contributed by atoms with Crippen molar-refractivity contribution in [1.29, 1.82) is 0 Å². The molecule has 2 amide bonds. The predicted molar refractivity (Wildman–Crippen MR) is 130 cm³/mol. The molecule has 0 saturated carbocycles. The number of halogens is 6. The van der Waals surface area contributed by atoms with Gasteiger partial charge in [-0.2, -0.15) is 26.3 Å². The van der Waals surface area contributed by atoms with E-state index in [0.29, 0.717) is 18.7 Å². The number of piperidine rings is 1. The minimum Gasteiger partial charge on any atom is -0.442 e. The lowest BCUT2D eigenvalue weighted by molar-refractivity contribution is -0.143. The molecule has 0 N–H and O–H groups in total. The van der Waals surface area contributed by atoms with Gasteiger partial charge < -0.3 is 9.64 Å². The summed E-state index contributed by atoms with van der Waals surface area (Å²) in [4.78, 5) is 30.9. The molecule has 4 rings (SSSR count). The molecule has 2 atom stereocenters. The first-order valence-electron chi connectivity index (χ1n) is 12.4. The summed E-state index contributed by atoms with van der Waals surface area (Å²) in [6.07, 6.45) is -10.5. The Morgan fingerprint density at radius 1 is 0.974 bits per heavy atom. The molecular formula is C27H29F6N3O3. The van der Waals surface area contributed by atoms with Crippen LogP contribution in [-0.2, 0) is 17.1 Å². The Bertz CT molecular complexity index is 1180. The van der Waals surface area contributed by atoms with Crippen LogP contribution in [0.1, 0.15) is 52.7 Å². The number of likely N-dealkylation sites (tertiary alicyclic amines) is 1. The van der Waals surface area contributed by atoms with Crippen LogP contribution in [-0.4, -0.2) is 72.2 Å². The van der Waals surface area contributed by atoms with E-state index in [1.807, 2.05) is 56.3 Å². The zero-order valence-corrected chi connectivity index (χ0v) is 21.6. The maximum Gasteiger partial charge on any atom is 0.416 e. The fourth-order valence-corrected chi connectivity index (χ4v) is 5.22. The molecule has 2 unspecified atom stereocenters. The largest absolute Gasteiger partial charge is 0.442 e. The summed E-state index contributed by atoms with van der Waals surface area (Å²) in [5.74, 6) is -1.20. The average Bonchev–Trinajstić information content (AvgIpc) is 2.87. The Kier molecular flexibility index (Phi) is 7.63. The number of ether oxygens (including phenoxy) is 1. The molecule has 0 aliphatic carbocycles. The Morgan fingerprint density at radius 3 is 2.00 bits per heavy atom. The highest BCUT2D eigenvalue weighted by Gasteiger charge is 2.52. The van der Waals surface area contributed by atoms with Gasteiger partial charge in [0.25, 0.3) is 5.91 Å². The fraction of sp³-hybridized carbons (Fsp3) is 0.481. The summed E-state index contributed by atoms with van der Waals surface area (Å²) in [6, 6.07) is 10.3. The van der Waals surface area contributed by atoms with Crippen molar-refractivity contribution in [2.45, 2.75) is 49.8 Å². The number of nitrogens with zero attached hydrogens (tertiary/aromatic N) is 3. The first kappa shape index (κ1) is 28.7. The molecule has 212 valence electrons. The van der Waals surface area contributed by atoms with E-state index in [2.05, 4.69) is 0 Å². The van der Waals surface area contributed by atoms with E-state index in [4.69, 9.17) is 4.74 Å². The van der Waals surface area contributed by atoms with E-state index >= 15 is 0 Å². The van der Waals surface area contributed by atoms with Gasteiger partial charge in [0.2, 0.25) is 0 Å². The average molecular weight is 558 g/mol. The SMILES string of the molecule is CC(N(C)C)N1CC(c2ccccc2)C2(CCN(C(=O)c3cc(C(F)(F)F)cc(C(F)(F)F)c3)CC2)OC1=O. The van der Waals surface area contributed by atoms with Gasteiger partial charge in [-0.25, -0.2) is 4.79 Å². The van der Waals surface area contributed by atoms with Crippen molar-refractivity contribution < 1.29 is 40.7 Å². The monoisotopic (exact) mass is 557 g/mol. The normalized spacial score (nSPS) is 20.8. The minimum absolute atomic E-state index is 0.00369. The Labute approximate surface area is 222 Å². The van der Waals surface area contributed by atoms with Crippen molar-refractivity contribution in [1.82, 2.24) is 14.7 Å². The molecule has 2 heterocycles. The molecule has 12 heteroatoms. The van der Waals surface area contributed by atoms with E-state index in [-0.39, 0.29) is 44.1 Å². The van der Waals surface area contributed by atoms with Crippen LogP contribution in [0.25, 0.3) is 0 Å². The van der Waals surface area contributed by atoms with Crippen LogP contribution in [0, 0.1) is 0 Å². The van der Waals surface area contributed by atoms with Gasteiger partial charge in [-0.15, -0.1) is 0 Å². The third-order valence-corrected chi connectivity index (χ3v) is 7.67. The number of hydrogen-bond donors (Lipinski definition) is 0. The smallest absolute Gasteiger partial charge is 0.416 e. The van der Waals surface area contributed by atoms with E-state index in [1.54, 1.807) is 4.90 Å². The minimum atomic E-state index is -5.06. The highest BCUT2D eigenvalue weighted by atomic mass is 19.4. The Balaban J connectivity index is 1.60. The van der Waals surface area contributed by atoms with Crippen LogP contribution in [0.3, 0.4) is 0 Å². The van der Waals surface area contributed by atoms with Gasteiger partial charge in [0.15, 0.2) is 0 Å². The van der Waals surface area contributed by atoms with Crippen molar-refractivity contribution in [3.8, 4) is 0 Å². The van der Waals surface area contributed by atoms with Gasteiger partial charge in [0.05, 0.1) is 17.3 Å². The second kappa shape index (κ2) is 10.4. The molecule has 2 fully saturated rings. The van der Waals surface area contributed by atoms with Crippen LogP contribution in [0.4, 0.5) is 31.1 Å². The summed E-state index contributed by atoms with van der Waals surface area (Å²) in [7, 11) is 3.67. The number of rotatable bonds is 4. The number of benzene rings is 2. The third kappa shape index (κ3) is 5.85. The van der Waals surface area contributed by atoms with E-state index in [0.717, 1.165) is 5.56 Å². The highest BCUT2D eigenvalue weighted by Crippen LogP contribution is 2.45. The van der Waals surface area contributed by atoms with Crippen LogP contribution < -0.4 is 0 Å². The molecular weight excluding hydrogens is 528 g/mol. The van der Waals surface area contributed by atoms with Crippen LogP contribution in [0.2, 0.25) is 0 Å². The molecule has 1 spiro atoms. The second-order valence-corrected chi connectivity index (χ2v) is 10.2. The van der Waals surface area contributed by atoms with Crippen molar-refractivity contribution in [2.24, 2.45) is 0 Å². The number of carbonyl (C=O) groups excluding carboxylic acids is 2. The number of alkyl halides is 6. The Hall–Kier alpha value is -3.28. The lowest BCUT2D eigenvalue weighted by Crippen LogP contribution is -2.62. The third-order valence-electron chi connectivity index (χ3n) is 7.67. The molecule has 39 heavy (non-hydrogen) atoms. The number of carbonyl (C=O) groups is 2. The van der Waals surface area contributed by atoms with E-state index in [1.165, 1.54) is 4.90 Å². The molecule has 6 nitrogen and oxygen atoms in total. The zero-order valence-electron chi connectivity index (χ0n) is 21.6. The summed E-state index contributed by atoms with van der Waals surface area (Å²) in [5, 5.41) is 0. The lowest BCUT2D eigenvalue weighted by atomic mass is 9.74. The van der Waals surface area contributed by atoms with Gasteiger partial charge >= 0.3 is 18.4 Å². The van der Waals surface area contributed by atoms with Crippen LogP contribution >= 0.6 is 0 Å². The molecule has 0 aromatic heterocycles. The second-order valence-electron chi connectivity index (χ2n) is 10.2. The van der Waals surface area contributed by atoms with E-state index < -0.39 is 46.6 Å². The molecule has 2 aliphatic heterocycles. The first-order valence-corrected chi connectivity index (χ1v) is 12.4. The van der Waals surface area contributed by atoms with Crippen molar-refractivity contribution in [3.63, 3.8) is 0 Å². The molecule has 0 bridgehead atoms. The molecule has 2 saturated heterocycles. The lowest BCUT2D eigenvalue weighted by Gasteiger charge is -2.52. The van der Waals surface area contributed by atoms with Gasteiger partial charge in [-0.05, 0) is 44.8 Å². The summed E-state index contributed by atoms with van der Waals surface area (Å²) in [6.45, 7) is 2.21. The van der Waals surface area contributed by atoms with Gasteiger partial charge in [-0.1, -0.05) is 30.3 Å². The fourth-order valence-electron chi connectivity index (χ4n) is 5.22. The van der Waals surface area contributed by atoms with Crippen molar-refractivity contribution >= 4 is 12.0 Å². The molecule has 2 aromatic rings. The highest BCUT2D eigenvalue weighted by molar-refractivity contribution is 5.94. The topological polar surface area (TPSA) is 53.1 Å². The standard InChI is InChI=1S/C27H29F6N3O3/c1-17(34(2)3)36-16-22(18-7-5-4-6-8-18)25(39-24(36)38)9-11-35(12-10-25)23(37)19-13-20(26(28,29)30)15-21(14-19)27(31,32)33/h4-8,13-15,17,22H,9-12,16H2,1-3H3.